The molecule has 1 saturated carbocycles. The van der Waals surface area contributed by atoms with E-state index in [-0.39, 0.29) is 6.61 Å². The van der Waals surface area contributed by atoms with Crippen molar-refractivity contribution in [1.82, 2.24) is 4.90 Å². The highest BCUT2D eigenvalue weighted by Gasteiger charge is 2.22. The third-order valence-electron chi connectivity index (χ3n) is 3.40. The van der Waals surface area contributed by atoms with Crippen LogP contribution in [0.1, 0.15) is 25.3 Å². The van der Waals surface area contributed by atoms with Crippen LogP contribution in [0.3, 0.4) is 0 Å². The van der Waals surface area contributed by atoms with Crippen molar-refractivity contribution in [2.45, 2.75) is 26.3 Å². The van der Waals surface area contributed by atoms with E-state index in [9.17, 15) is 0 Å². The van der Waals surface area contributed by atoms with Crippen molar-refractivity contribution in [1.29, 1.82) is 0 Å². The van der Waals surface area contributed by atoms with Crippen LogP contribution in [0.5, 0.6) is 5.75 Å². The van der Waals surface area contributed by atoms with Crippen LogP contribution in [-0.4, -0.2) is 36.3 Å². The highest BCUT2D eigenvalue weighted by molar-refractivity contribution is 5.33. The minimum atomic E-state index is 0.207. The quantitative estimate of drug-likeness (QED) is 0.767. The van der Waals surface area contributed by atoms with Crippen molar-refractivity contribution in [3.05, 3.63) is 29.8 Å². The molecule has 0 aromatic heterocycles. The summed E-state index contributed by atoms with van der Waals surface area (Å²) in [6.45, 7) is 5.67. The van der Waals surface area contributed by atoms with E-state index in [1.807, 2.05) is 18.2 Å². The predicted molar refractivity (Wildman–Crippen MR) is 72.7 cm³/mol. The van der Waals surface area contributed by atoms with E-state index in [2.05, 4.69) is 17.9 Å². The molecule has 1 aliphatic rings. The number of likely N-dealkylation sites (N-methyl/N-ethyl adjacent to an activating group) is 1. The van der Waals surface area contributed by atoms with Crippen molar-refractivity contribution in [3.8, 4) is 5.75 Å². The molecule has 0 unspecified atom stereocenters. The number of hydrogen-bond donors (Lipinski definition) is 1. The second kappa shape index (κ2) is 6.76. The lowest BCUT2D eigenvalue weighted by Gasteiger charge is -2.21. The molecular weight excluding hydrogens is 226 g/mol. The lowest BCUT2D eigenvalue weighted by molar-refractivity contribution is 0.194. The van der Waals surface area contributed by atoms with E-state index in [1.54, 1.807) is 0 Å². The number of aliphatic hydroxyl groups is 1. The Balaban J connectivity index is 1.96. The molecule has 3 nitrogen and oxygen atoms in total. The average molecular weight is 249 g/mol. The van der Waals surface area contributed by atoms with E-state index in [4.69, 9.17) is 9.84 Å². The summed E-state index contributed by atoms with van der Waals surface area (Å²) < 4.78 is 5.90. The van der Waals surface area contributed by atoms with Crippen molar-refractivity contribution in [3.63, 3.8) is 0 Å². The molecule has 0 aliphatic heterocycles. The first kappa shape index (κ1) is 13.4. The van der Waals surface area contributed by atoms with Crippen LogP contribution in [0.15, 0.2) is 24.3 Å². The van der Waals surface area contributed by atoms with Gasteiger partial charge in [0.15, 0.2) is 0 Å². The van der Waals surface area contributed by atoms with Gasteiger partial charge in [0, 0.05) is 18.7 Å². The summed E-state index contributed by atoms with van der Waals surface area (Å²) in [5.74, 6) is 1.78. The first-order valence-electron chi connectivity index (χ1n) is 6.87. The Bertz CT molecular complexity index is 363. The first-order valence-corrected chi connectivity index (χ1v) is 6.87. The largest absolute Gasteiger partial charge is 0.493 e. The van der Waals surface area contributed by atoms with Crippen LogP contribution in [0.2, 0.25) is 0 Å². The zero-order chi connectivity index (χ0) is 12.8. The third kappa shape index (κ3) is 4.00. The SMILES string of the molecule is CCN(CCO)Cc1ccccc1OCC1CC1. The van der Waals surface area contributed by atoms with Crippen LogP contribution < -0.4 is 4.74 Å². The molecule has 0 amide bonds. The second-order valence-electron chi connectivity index (χ2n) is 4.95. The summed E-state index contributed by atoms with van der Waals surface area (Å²) in [5.41, 5.74) is 1.22. The second-order valence-corrected chi connectivity index (χ2v) is 4.95. The molecule has 2 rings (SSSR count). The van der Waals surface area contributed by atoms with Gasteiger partial charge in [-0.1, -0.05) is 25.1 Å². The Morgan fingerprint density at radius 1 is 1.33 bits per heavy atom. The number of nitrogens with zero attached hydrogens (tertiary/aromatic N) is 1. The molecular formula is C15H23NO2. The standard InChI is InChI=1S/C15H23NO2/c1-2-16(9-10-17)11-14-5-3-4-6-15(14)18-12-13-7-8-13/h3-6,13,17H,2,7-12H2,1H3. The minimum Gasteiger partial charge on any atom is -0.493 e. The highest BCUT2D eigenvalue weighted by atomic mass is 16.5. The predicted octanol–water partition coefficient (Wildman–Crippen LogP) is 2.29. The van der Waals surface area contributed by atoms with Gasteiger partial charge in [-0.2, -0.15) is 0 Å². The summed E-state index contributed by atoms with van der Waals surface area (Å²) >= 11 is 0. The molecule has 0 spiro atoms. The Kier molecular flexibility index (Phi) is 5.02. The number of benzene rings is 1. The van der Waals surface area contributed by atoms with E-state index >= 15 is 0 Å². The van der Waals surface area contributed by atoms with Gasteiger partial charge in [0.2, 0.25) is 0 Å². The maximum Gasteiger partial charge on any atom is 0.123 e. The van der Waals surface area contributed by atoms with Crippen molar-refractivity contribution < 1.29 is 9.84 Å². The number of rotatable bonds is 8. The lowest BCUT2D eigenvalue weighted by Crippen LogP contribution is -2.26. The number of ether oxygens (including phenoxy) is 1. The fraction of sp³-hybridized carbons (Fsp3) is 0.600. The van der Waals surface area contributed by atoms with E-state index in [1.165, 1.54) is 18.4 Å². The smallest absolute Gasteiger partial charge is 0.123 e. The number of hydrogen-bond acceptors (Lipinski definition) is 3. The molecule has 1 N–H and O–H groups in total. The van der Waals surface area contributed by atoms with Gasteiger partial charge < -0.3 is 9.84 Å². The molecule has 0 bridgehead atoms. The van der Waals surface area contributed by atoms with Crippen LogP contribution in [0.4, 0.5) is 0 Å². The van der Waals surface area contributed by atoms with Gasteiger partial charge in [0.25, 0.3) is 0 Å². The highest BCUT2D eigenvalue weighted by Crippen LogP contribution is 2.30. The lowest BCUT2D eigenvalue weighted by atomic mass is 10.2. The van der Waals surface area contributed by atoms with E-state index in [0.717, 1.165) is 31.4 Å². The van der Waals surface area contributed by atoms with Gasteiger partial charge >= 0.3 is 0 Å². The summed E-state index contributed by atoms with van der Waals surface area (Å²) in [7, 11) is 0. The van der Waals surface area contributed by atoms with Crippen molar-refractivity contribution in [2.75, 3.05) is 26.3 Å². The molecule has 0 radical (unpaired) electrons. The Morgan fingerprint density at radius 2 is 2.11 bits per heavy atom. The zero-order valence-corrected chi connectivity index (χ0v) is 11.1. The van der Waals surface area contributed by atoms with Gasteiger partial charge in [-0.25, -0.2) is 0 Å². The van der Waals surface area contributed by atoms with E-state index < -0.39 is 0 Å². The first-order chi connectivity index (χ1) is 8.83. The number of para-hydroxylation sites is 1. The summed E-state index contributed by atoms with van der Waals surface area (Å²) in [4.78, 5) is 2.22. The molecule has 3 heteroatoms. The fourth-order valence-electron chi connectivity index (χ4n) is 2.00. The van der Waals surface area contributed by atoms with Crippen LogP contribution >= 0.6 is 0 Å². The molecule has 1 aromatic carbocycles. The van der Waals surface area contributed by atoms with Crippen LogP contribution in [0, 0.1) is 5.92 Å². The maximum atomic E-state index is 9.03. The maximum absolute atomic E-state index is 9.03. The minimum absolute atomic E-state index is 0.207. The molecule has 18 heavy (non-hydrogen) atoms. The van der Waals surface area contributed by atoms with Gasteiger partial charge in [-0.15, -0.1) is 0 Å². The van der Waals surface area contributed by atoms with Gasteiger partial charge in [-0.05, 0) is 31.4 Å². The third-order valence-corrected chi connectivity index (χ3v) is 3.40. The fourth-order valence-corrected chi connectivity index (χ4v) is 2.00. The summed E-state index contributed by atoms with van der Waals surface area (Å²) in [6.07, 6.45) is 2.63. The molecule has 1 aliphatic carbocycles. The molecule has 100 valence electrons. The van der Waals surface area contributed by atoms with Crippen LogP contribution in [-0.2, 0) is 6.54 Å². The van der Waals surface area contributed by atoms with Crippen molar-refractivity contribution >= 4 is 0 Å². The topological polar surface area (TPSA) is 32.7 Å². The zero-order valence-electron chi connectivity index (χ0n) is 11.1. The summed E-state index contributed by atoms with van der Waals surface area (Å²) in [5, 5.41) is 9.03. The Morgan fingerprint density at radius 3 is 2.78 bits per heavy atom. The van der Waals surface area contributed by atoms with Crippen molar-refractivity contribution in [2.24, 2.45) is 5.92 Å². The Labute approximate surface area is 109 Å². The van der Waals surface area contributed by atoms with Crippen LogP contribution in [0.25, 0.3) is 0 Å². The van der Waals surface area contributed by atoms with Gasteiger partial charge in [0.05, 0.1) is 13.2 Å². The van der Waals surface area contributed by atoms with Gasteiger partial charge in [0.1, 0.15) is 5.75 Å². The average Bonchev–Trinajstić information content (AvgIpc) is 3.21. The summed E-state index contributed by atoms with van der Waals surface area (Å²) in [6, 6.07) is 8.23. The number of aliphatic hydroxyl groups excluding tert-OH is 1. The Hall–Kier alpha value is -1.06. The van der Waals surface area contributed by atoms with Gasteiger partial charge in [-0.3, -0.25) is 4.90 Å². The molecule has 1 aromatic rings. The molecule has 1 fully saturated rings. The normalized spacial score (nSPS) is 15.1. The molecule has 0 saturated heterocycles. The molecule has 0 heterocycles. The molecule has 0 atom stereocenters. The van der Waals surface area contributed by atoms with E-state index in [0.29, 0.717) is 6.54 Å². The monoisotopic (exact) mass is 249 g/mol.